The third kappa shape index (κ3) is 8.77. The fourth-order valence-electron chi connectivity index (χ4n) is 1.25. The molecule has 0 saturated carbocycles. The first-order valence-corrected chi connectivity index (χ1v) is 9.12. The van der Waals surface area contributed by atoms with E-state index in [-0.39, 0.29) is 11.7 Å². The highest BCUT2D eigenvalue weighted by Crippen LogP contribution is 2.14. The van der Waals surface area contributed by atoms with Crippen LogP contribution in [-0.4, -0.2) is 50.0 Å². The Bertz CT molecular complexity index is 352. The van der Waals surface area contributed by atoms with E-state index in [0.717, 1.165) is 12.2 Å². The summed E-state index contributed by atoms with van der Waals surface area (Å²) in [5.74, 6) is 1.18. The molecule has 18 heavy (non-hydrogen) atoms. The summed E-state index contributed by atoms with van der Waals surface area (Å²) in [4.78, 5) is 11.5. The van der Waals surface area contributed by atoms with Gasteiger partial charge in [0, 0.05) is 12.0 Å². The van der Waals surface area contributed by atoms with Crippen molar-refractivity contribution < 1.29 is 17.9 Å². The Balaban J connectivity index is 3.74. The molecule has 2 N–H and O–H groups in total. The molecule has 5 nitrogen and oxygen atoms in total. The maximum atomic E-state index is 11.5. The van der Waals surface area contributed by atoms with E-state index in [1.165, 1.54) is 6.26 Å². The molecule has 0 aromatic carbocycles. The van der Waals surface area contributed by atoms with Crippen LogP contribution in [0.15, 0.2) is 0 Å². The van der Waals surface area contributed by atoms with Gasteiger partial charge in [0.25, 0.3) is 0 Å². The lowest BCUT2D eigenvalue weighted by molar-refractivity contribution is -0.149. The maximum Gasteiger partial charge on any atom is 0.325 e. The molecule has 0 radical (unpaired) electrons. The zero-order valence-corrected chi connectivity index (χ0v) is 12.9. The number of carbonyl (C=O) groups excluding carboxylic acids is 1. The van der Waals surface area contributed by atoms with Crippen LogP contribution in [0, 0.1) is 0 Å². The Kier molecular flexibility index (Phi) is 7.89. The van der Waals surface area contributed by atoms with Gasteiger partial charge in [0.1, 0.15) is 15.4 Å². The van der Waals surface area contributed by atoms with Gasteiger partial charge in [0.05, 0.1) is 12.4 Å². The van der Waals surface area contributed by atoms with Gasteiger partial charge < -0.3 is 10.5 Å². The van der Waals surface area contributed by atoms with Crippen LogP contribution >= 0.6 is 11.8 Å². The van der Waals surface area contributed by atoms with Crippen LogP contribution in [0.1, 0.15) is 26.7 Å². The van der Waals surface area contributed by atoms with E-state index in [1.54, 1.807) is 25.6 Å². The van der Waals surface area contributed by atoms with E-state index in [1.807, 2.05) is 0 Å². The van der Waals surface area contributed by atoms with Gasteiger partial charge >= 0.3 is 5.97 Å². The molecule has 108 valence electrons. The maximum absolute atomic E-state index is 11.5. The molecule has 0 bridgehead atoms. The number of sulfone groups is 1. The molecule has 0 heterocycles. The highest BCUT2D eigenvalue weighted by molar-refractivity contribution is 8.00. The predicted octanol–water partition coefficient (Wildman–Crippen LogP) is 0.825. The van der Waals surface area contributed by atoms with Crippen molar-refractivity contribution in [2.24, 2.45) is 5.73 Å². The molecular formula is C11H23NO4S2. The molecule has 7 heteroatoms. The van der Waals surface area contributed by atoms with E-state index >= 15 is 0 Å². The topological polar surface area (TPSA) is 86.5 Å². The second-order valence-electron chi connectivity index (χ2n) is 4.48. The summed E-state index contributed by atoms with van der Waals surface area (Å²) in [6.07, 6.45) is 2.53. The molecule has 0 rings (SSSR count). The van der Waals surface area contributed by atoms with Crippen LogP contribution in [0.5, 0.6) is 0 Å². The first-order chi connectivity index (χ1) is 8.19. The first kappa shape index (κ1) is 17.7. The number of esters is 1. The average molecular weight is 297 g/mol. The summed E-state index contributed by atoms with van der Waals surface area (Å²) in [6.45, 7) is 3.73. The van der Waals surface area contributed by atoms with Crippen LogP contribution in [0.4, 0.5) is 0 Å². The van der Waals surface area contributed by atoms with Crippen molar-refractivity contribution in [2.75, 3.05) is 30.1 Å². The number of thioether (sulfide) groups is 1. The van der Waals surface area contributed by atoms with Gasteiger partial charge in [-0.15, -0.1) is 0 Å². The summed E-state index contributed by atoms with van der Waals surface area (Å²) in [5, 5.41) is 0. The van der Waals surface area contributed by atoms with Gasteiger partial charge in [-0.2, -0.15) is 11.8 Å². The number of ether oxygens (including phenoxy) is 1. The summed E-state index contributed by atoms with van der Waals surface area (Å²) >= 11 is 1.56. The molecule has 0 fully saturated rings. The van der Waals surface area contributed by atoms with Crippen LogP contribution in [0.3, 0.4) is 0 Å². The number of nitrogens with two attached hydrogens (primary N) is 1. The van der Waals surface area contributed by atoms with Gasteiger partial charge in [-0.3, -0.25) is 4.79 Å². The molecule has 0 aliphatic carbocycles. The second kappa shape index (κ2) is 8.01. The number of hydrogen-bond acceptors (Lipinski definition) is 6. The molecule has 1 atom stereocenters. The van der Waals surface area contributed by atoms with Crippen molar-refractivity contribution >= 4 is 27.6 Å². The largest absolute Gasteiger partial charge is 0.465 e. The molecule has 0 aliphatic heterocycles. The molecule has 0 saturated heterocycles. The van der Waals surface area contributed by atoms with Gasteiger partial charge in [0.15, 0.2) is 0 Å². The summed E-state index contributed by atoms with van der Waals surface area (Å²) < 4.78 is 26.7. The highest BCUT2D eigenvalue weighted by Gasteiger charge is 2.28. The molecule has 0 aromatic heterocycles. The fourth-order valence-corrected chi connectivity index (χ4v) is 3.49. The minimum atomic E-state index is -2.88. The number of carbonyl (C=O) groups is 1. The van der Waals surface area contributed by atoms with Crippen LogP contribution in [0.2, 0.25) is 0 Å². The molecule has 0 aliphatic rings. The van der Waals surface area contributed by atoms with E-state index in [0.29, 0.717) is 18.8 Å². The Morgan fingerprint density at radius 1 is 1.39 bits per heavy atom. The van der Waals surface area contributed by atoms with Crippen LogP contribution in [0.25, 0.3) is 0 Å². The summed E-state index contributed by atoms with van der Waals surface area (Å²) in [5.41, 5.74) is 4.90. The van der Waals surface area contributed by atoms with Gasteiger partial charge in [-0.05, 0) is 32.4 Å². The monoisotopic (exact) mass is 297 g/mol. The standard InChI is InChI=1S/C11H23NO4S2/c1-4-16-10(13)11(2,12)6-5-7-17-8-9-18(3,14)15/h4-9,12H2,1-3H3. The lowest BCUT2D eigenvalue weighted by Gasteiger charge is -2.21. The van der Waals surface area contributed by atoms with Gasteiger partial charge in [-0.1, -0.05) is 0 Å². The quantitative estimate of drug-likeness (QED) is 0.501. The first-order valence-electron chi connectivity index (χ1n) is 5.90. The minimum absolute atomic E-state index is 0.190. The van der Waals surface area contributed by atoms with Crippen molar-refractivity contribution in [2.45, 2.75) is 32.2 Å². The molecule has 0 amide bonds. The summed E-state index contributed by atoms with van der Waals surface area (Å²) in [7, 11) is -2.88. The van der Waals surface area contributed by atoms with Crippen molar-refractivity contribution in [1.29, 1.82) is 0 Å². The van der Waals surface area contributed by atoms with Crippen molar-refractivity contribution in [3.63, 3.8) is 0 Å². The summed E-state index contributed by atoms with van der Waals surface area (Å²) in [6, 6.07) is 0. The third-order valence-corrected chi connectivity index (χ3v) is 4.60. The molecule has 0 spiro atoms. The predicted molar refractivity (Wildman–Crippen MR) is 75.5 cm³/mol. The van der Waals surface area contributed by atoms with E-state index in [2.05, 4.69) is 0 Å². The zero-order chi connectivity index (χ0) is 14.2. The Labute approximate surface area is 114 Å². The number of rotatable bonds is 9. The highest BCUT2D eigenvalue weighted by atomic mass is 32.2. The average Bonchev–Trinajstić information content (AvgIpc) is 2.22. The molecule has 0 aromatic rings. The van der Waals surface area contributed by atoms with Gasteiger partial charge in [-0.25, -0.2) is 8.42 Å². The van der Waals surface area contributed by atoms with E-state index < -0.39 is 15.4 Å². The fraction of sp³-hybridized carbons (Fsp3) is 0.909. The van der Waals surface area contributed by atoms with Crippen molar-refractivity contribution in [1.82, 2.24) is 0 Å². The van der Waals surface area contributed by atoms with E-state index in [4.69, 9.17) is 10.5 Å². The third-order valence-electron chi connectivity index (χ3n) is 2.32. The SMILES string of the molecule is CCOC(=O)C(C)(N)CCCSCCS(C)(=O)=O. The Hall–Kier alpha value is -0.270. The van der Waals surface area contributed by atoms with Crippen LogP contribution in [-0.2, 0) is 19.4 Å². The normalized spacial score (nSPS) is 15.1. The Morgan fingerprint density at radius 2 is 2.00 bits per heavy atom. The number of hydrogen-bond donors (Lipinski definition) is 1. The van der Waals surface area contributed by atoms with Crippen molar-refractivity contribution in [3.8, 4) is 0 Å². The zero-order valence-electron chi connectivity index (χ0n) is 11.3. The Morgan fingerprint density at radius 3 is 2.50 bits per heavy atom. The van der Waals surface area contributed by atoms with Crippen LogP contribution < -0.4 is 5.73 Å². The van der Waals surface area contributed by atoms with Crippen molar-refractivity contribution in [3.05, 3.63) is 0 Å². The molecule has 1 unspecified atom stereocenters. The van der Waals surface area contributed by atoms with Gasteiger partial charge in [0.2, 0.25) is 0 Å². The van der Waals surface area contributed by atoms with E-state index in [9.17, 15) is 13.2 Å². The lowest BCUT2D eigenvalue weighted by atomic mass is 9.98. The minimum Gasteiger partial charge on any atom is -0.465 e. The smallest absolute Gasteiger partial charge is 0.325 e. The second-order valence-corrected chi connectivity index (χ2v) is 7.97. The molecular weight excluding hydrogens is 274 g/mol. The lowest BCUT2D eigenvalue weighted by Crippen LogP contribution is -2.46.